The molecule has 0 unspecified atom stereocenters. The minimum Gasteiger partial charge on any atom is -0.315 e. The molecule has 2 aromatic rings. The first-order valence-corrected chi connectivity index (χ1v) is 4.20. The Labute approximate surface area is 81.0 Å². The van der Waals surface area contributed by atoms with E-state index >= 15 is 0 Å². The standard InChI is InChI=1S/C8H10N6/c1-9-2-7-3-10-4-12-8(7)14-6-11-5-13-14/h3-6,9H,2H2,1H3. The summed E-state index contributed by atoms with van der Waals surface area (Å²) in [6, 6.07) is 0. The van der Waals surface area contributed by atoms with Crippen LogP contribution in [0.1, 0.15) is 5.56 Å². The first kappa shape index (κ1) is 8.76. The van der Waals surface area contributed by atoms with Crippen LogP contribution in [0.25, 0.3) is 5.82 Å². The topological polar surface area (TPSA) is 68.5 Å². The number of rotatable bonds is 3. The number of hydrogen-bond acceptors (Lipinski definition) is 5. The molecule has 72 valence electrons. The van der Waals surface area contributed by atoms with Crippen molar-refractivity contribution >= 4 is 0 Å². The number of hydrogen-bond donors (Lipinski definition) is 1. The van der Waals surface area contributed by atoms with Gasteiger partial charge in [0.05, 0.1) is 0 Å². The summed E-state index contributed by atoms with van der Waals surface area (Å²) in [5.74, 6) is 0.756. The molecular weight excluding hydrogens is 180 g/mol. The molecule has 2 heterocycles. The van der Waals surface area contributed by atoms with Gasteiger partial charge in [0.1, 0.15) is 19.0 Å². The average Bonchev–Trinajstić information content (AvgIpc) is 2.72. The van der Waals surface area contributed by atoms with Crippen molar-refractivity contribution in [1.82, 2.24) is 30.0 Å². The molecule has 0 spiro atoms. The van der Waals surface area contributed by atoms with Crippen molar-refractivity contribution in [2.75, 3.05) is 7.05 Å². The first-order chi connectivity index (χ1) is 6.92. The monoisotopic (exact) mass is 190 g/mol. The highest BCUT2D eigenvalue weighted by molar-refractivity contribution is 5.29. The number of aromatic nitrogens is 5. The summed E-state index contributed by atoms with van der Waals surface area (Å²) in [6.07, 6.45) is 6.35. The highest BCUT2D eigenvalue weighted by Gasteiger charge is 2.05. The quantitative estimate of drug-likeness (QED) is 0.724. The Morgan fingerprint density at radius 2 is 2.29 bits per heavy atom. The number of nitrogens with one attached hydrogen (secondary N) is 1. The van der Waals surface area contributed by atoms with Crippen LogP contribution in [0.5, 0.6) is 0 Å². The van der Waals surface area contributed by atoms with Gasteiger partial charge in [-0.3, -0.25) is 0 Å². The van der Waals surface area contributed by atoms with Gasteiger partial charge in [-0.1, -0.05) is 0 Å². The summed E-state index contributed by atoms with van der Waals surface area (Å²) < 4.78 is 1.62. The molecule has 2 rings (SSSR count). The van der Waals surface area contributed by atoms with Crippen LogP contribution in [-0.2, 0) is 6.54 Å². The molecule has 0 aliphatic heterocycles. The maximum Gasteiger partial charge on any atom is 0.163 e. The molecule has 2 aromatic heterocycles. The second-order valence-electron chi connectivity index (χ2n) is 2.74. The van der Waals surface area contributed by atoms with E-state index in [9.17, 15) is 0 Å². The molecule has 0 amide bonds. The van der Waals surface area contributed by atoms with Gasteiger partial charge in [0.2, 0.25) is 0 Å². The van der Waals surface area contributed by atoms with Crippen molar-refractivity contribution in [2.24, 2.45) is 0 Å². The molecule has 0 aliphatic rings. The third kappa shape index (κ3) is 1.60. The average molecular weight is 190 g/mol. The molecular formula is C8H10N6. The summed E-state index contributed by atoms with van der Waals surface area (Å²) >= 11 is 0. The van der Waals surface area contributed by atoms with Crippen molar-refractivity contribution in [3.05, 3.63) is 30.7 Å². The van der Waals surface area contributed by atoms with Gasteiger partial charge in [-0.25, -0.2) is 19.6 Å². The predicted octanol–water partition coefficient (Wildman–Crippen LogP) is -0.223. The van der Waals surface area contributed by atoms with Gasteiger partial charge >= 0.3 is 0 Å². The molecule has 0 atom stereocenters. The summed E-state index contributed by atoms with van der Waals surface area (Å²) in [7, 11) is 1.87. The van der Waals surface area contributed by atoms with Gasteiger partial charge in [0, 0.05) is 18.3 Å². The molecule has 0 aliphatic carbocycles. The Hall–Kier alpha value is -1.82. The highest BCUT2D eigenvalue weighted by atomic mass is 15.3. The lowest BCUT2D eigenvalue weighted by Gasteiger charge is -2.05. The molecule has 14 heavy (non-hydrogen) atoms. The van der Waals surface area contributed by atoms with Crippen molar-refractivity contribution in [2.45, 2.75) is 6.54 Å². The Kier molecular flexibility index (Phi) is 2.46. The van der Waals surface area contributed by atoms with E-state index in [0.717, 1.165) is 11.4 Å². The molecule has 1 N–H and O–H groups in total. The fourth-order valence-corrected chi connectivity index (χ4v) is 1.19. The van der Waals surface area contributed by atoms with Crippen LogP contribution in [0.2, 0.25) is 0 Å². The van der Waals surface area contributed by atoms with Crippen LogP contribution in [0, 0.1) is 0 Å². The smallest absolute Gasteiger partial charge is 0.163 e. The summed E-state index contributed by atoms with van der Waals surface area (Å²) in [6.45, 7) is 0.704. The van der Waals surface area contributed by atoms with E-state index in [1.807, 2.05) is 7.05 Å². The van der Waals surface area contributed by atoms with Gasteiger partial charge in [-0.2, -0.15) is 5.10 Å². The molecule has 6 nitrogen and oxygen atoms in total. The van der Waals surface area contributed by atoms with E-state index in [1.165, 1.54) is 12.7 Å². The van der Waals surface area contributed by atoms with Crippen molar-refractivity contribution < 1.29 is 0 Å². The van der Waals surface area contributed by atoms with Crippen LogP contribution >= 0.6 is 0 Å². The molecule has 0 saturated carbocycles. The molecule has 0 radical (unpaired) electrons. The second kappa shape index (κ2) is 3.93. The Morgan fingerprint density at radius 3 is 3.00 bits per heavy atom. The van der Waals surface area contributed by atoms with Crippen LogP contribution < -0.4 is 5.32 Å². The zero-order valence-electron chi connectivity index (χ0n) is 7.75. The van der Waals surface area contributed by atoms with Crippen LogP contribution in [0.15, 0.2) is 25.2 Å². The minimum atomic E-state index is 0.704. The normalized spacial score (nSPS) is 10.4. The summed E-state index contributed by atoms with van der Waals surface area (Å²) in [5.41, 5.74) is 0.987. The lowest BCUT2D eigenvalue weighted by Crippen LogP contribution is -2.11. The third-order valence-corrected chi connectivity index (χ3v) is 1.77. The zero-order valence-corrected chi connectivity index (χ0v) is 7.75. The largest absolute Gasteiger partial charge is 0.315 e. The summed E-state index contributed by atoms with van der Waals surface area (Å²) in [4.78, 5) is 12.0. The maximum absolute atomic E-state index is 4.15. The summed E-state index contributed by atoms with van der Waals surface area (Å²) in [5, 5.41) is 7.06. The molecule has 0 saturated heterocycles. The van der Waals surface area contributed by atoms with Crippen molar-refractivity contribution in [3.63, 3.8) is 0 Å². The van der Waals surface area contributed by atoms with Crippen molar-refractivity contribution in [1.29, 1.82) is 0 Å². The first-order valence-electron chi connectivity index (χ1n) is 4.20. The Morgan fingerprint density at radius 1 is 1.36 bits per heavy atom. The second-order valence-corrected chi connectivity index (χ2v) is 2.74. The fourth-order valence-electron chi connectivity index (χ4n) is 1.19. The lowest BCUT2D eigenvalue weighted by atomic mass is 10.3. The maximum atomic E-state index is 4.15. The van der Waals surface area contributed by atoms with Crippen LogP contribution in [-0.4, -0.2) is 31.8 Å². The van der Waals surface area contributed by atoms with E-state index in [-0.39, 0.29) is 0 Å². The Balaban J connectivity index is 2.42. The van der Waals surface area contributed by atoms with Crippen LogP contribution in [0.3, 0.4) is 0 Å². The van der Waals surface area contributed by atoms with E-state index in [1.54, 1.807) is 17.2 Å². The van der Waals surface area contributed by atoms with Crippen LogP contribution in [0.4, 0.5) is 0 Å². The SMILES string of the molecule is CNCc1cncnc1-n1cncn1. The van der Waals surface area contributed by atoms with Gasteiger partial charge in [-0.15, -0.1) is 0 Å². The fraction of sp³-hybridized carbons (Fsp3) is 0.250. The number of nitrogens with zero attached hydrogens (tertiary/aromatic N) is 5. The Bertz CT molecular complexity index is 396. The van der Waals surface area contributed by atoms with E-state index < -0.39 is 0 Å². The van der Waals surface area contributed by atoms with Gasteiger partial charge in [0.25, 0.3) is 0 Å². The van der Waals surface area contributed by atoms with Crippen molar-refractivity contribution in [3.8, 4) is 5.82 Å². The molecule has 0 aromatic carbocycles. The molecule has 0 fully saturated rings. The van der Waals surface area contributed by atoms with Gasteiger partial charge < -0.3 is 5.32 Å². The predicted molar refractivity (Wildman–Crippen MR) is 49.7 cm³/mol. The van der Waals surface area contributed by atoms with Gasteiger partial charge in [0.15, 0.2) is 5.82 Å². The van der Waals surface area contributed by atoms with E-state index in [2.05, 4.69) is 25.4 Å². The lowest BCUT2D eigenvalue weighted by molar-refractivity contribution is 0.761. The zero-order chi connectivity index (χ0) is 9.80. The van der Waals surface area contributed by atoms with E-state index in [4.69, 9.17) is 0 Å². The third-order valence-electron chi connectivity index (χ3n) is 1.77. The molecule has 6 heteroatoms. The van der Waals surface area contributed by atoms with E-state index in [0.29, 0.717) is 6.54 Å². The molecule has 0 bridgehead atoms. The van der Waals surface area contributed by atoms with Gasteiger partial charge in [-0.05, 0) is 7.05 Å². The minimum absolute atomic E-state index is 0.704. The highest BCUT2D eigenvalue weighted by Crippen LogP contribution is 2.06.